The normalized spacial score (nSPS) is 10.5. The smallest absolute Gasteiger partial charge is 0.308 e. The van der Waals surface area contributed by atoms with Crippen molar-refractivity contribution in [1.29, 1.82) is 0 Å². The van der Waals surface area contributed by atoms with Gasteiger partial charge >= 0.3 is 11.8 Å². The van der Waals surface area contributed by atoms with Crippen LogP contribution in [0.1, 0.15) is 27.7 Å². The number of hydrogen-bond acceptors (Lipinski definition) is 8. The Kier molecular flexibility index (Phi) is 7.31. The van der Waals surface area contributed by atoms with Gasteiger partial charge in [0.1, 0.15) is 0 Å². The van der Waals surface area contributed by atoms with E-state index in [-0.39, 0.29) is 5.89 Å². The van der Waals surface area contributed by atoms with E-state index in [1.165, 1.54) is 0 Å². The molecule has 9 nitrogen and oxygen atoms in total. The Hall–Kier alpha value is -3.75. The molecule has 0 unspecified atom stereocenters. The largest absolute Gasteiger partial charge is 0.493 e. The minimum atomic E-state index is -0.425. The second-order valence-electron chi connectivity index (χ2n) is 6.56. The maximum Gasteiger partial charge on any atom is 0.308 e. The molecular weight excluding hydrogens is 402 g/mol. The molecule has 0 aliphatic rings. The predicted octanol–water partition coefficient (Wildman–Crippen LogP) is 2.67. The first-order valence-electron chi connectivity index (χ1n) is 9.60. The van der Waals surface area contributed by atoms with E-state index in [0.29, 0.717) is 48.3 Å². The quantitative estimate of drug-likeness (QED) is 0.527. The number of carbonyl (C=O) groups is 1. The topological polar surface area (TPSA) is 105 Å². The van der Waals surface area contributed by atoms with Crippen molar-refractivity contribution in [3.05, 3.63) is 59.3 Å². The molecule has 0 aliphatic carbocycles. The summed E-state index contributed by atoms with van der Waals surface area (Å²) in [5.74, 6) is 2.36. The van der Waals surface area contributed by atoms with Crippen molar-refractivity contribution in [2.45, 2.75) is 12.8 Å². The van der Waals surface area contributed by atoms with Crippen molar-refractivity contribution >= 4 is 5.91 Å². The number of benzene rings is 2. The molecule has 0 radical (unpaired) electrons. The molecule has 0 atom stereocenters. The lowest BCUT2D eigenvalue weighted by Gasteiger charge is -2.09. The molecule has 3 rings (SSSR count). The molecule has 0 spiro atoms. The van der Waals surface area contributed by atoms with Gasteiger partial charge in [0.25, 0.3) is 0 Å². The molecule has 164 valence electrons. The summed E-state index contributed by atoms with van der Waals surface area (Å²) in [4.78, 5) is 12.3. The summed E-state index contributed by atoms with van der Waals surface area (Å²) in [6, 6.07) is 11.1. The van der Waals surface area contributed by atoms with Crippen LogP contribution in [0, 0.1) is 0 Å². The van der Waals surface area contributed by atoms with E-state index in [1.807, 2.05) is 30.3 Å². The SMILES string of the molecule is COc1ccc(CCNC(=O)c2nnc(Cc3ccc(OC)c(OC)c3)o2)cc1OC. The number of methoxy groups -OCH3 is 4. The van der Waals surface area contributed by atoms with Gasteiger partial charge in [-0.15, -0.1) is 10.2 Å². The maximum absolute atomic E-state index is 12.3. The van der Waals surface area contributed by atoms with Crippen LogP contribution < -0.4 is 24.3 Å². The third-order valence-electron chi connectivity index (χ3n) is 4.61. The molecule has 3 aromatic rings. The van der Waals surface area contributed by atoms with E-state index in [1.54, 1.807) is 34.5 Å². The Labute approximate surface area is 180 Å². The van der Waals surface area contributed by atoms with E-state index >= 15 is 0 Å². The molecule has 9 heteroatoms. The van der Waals surface area contributed by atoms with Gasteiger partial charge in [-0.3, -0.25) is 4.79 Å². The van der Waals surface area contributed by atoms with E-state index in [0.717, 1.165) is 11.1 Å². The molecule has 1 heterocycles. The lowest BCUT2D eigenvalue weighted by molar-refractivity contribution is 0.0918. The highest BCUT2D eigenvalue weighted by Gasteiger charge is 2.15. The number of hydrogen-bond donors (Lipinski definition) is 1. The zero-order valence-corrected chi connectivity index (χ0v) is 17.9. The van der Waals surface area contributed by atoms with E-state index in [9.17, 15) is 4.79 Å². The van der Waals surface area contributed by atoms with Gasteiger partial charge in [-0.25, -0.2) is 0 Å². The highest BCUT2D eigenvalue weighted by atomic mass is 16.5. The average Bonchev–Trinajstić information content (AvgIpc) is 3.27. The predicted molar refractivity (Wildman–Crippen MR) is 112 cm³/mol. The van der Waals surface area contributed by atoms with E-state index < -0.39 is 5.91 Å². The summed E-state index contributed by atoms with van der Waals surface area (Å²) in [6.07, 6.45) is 0.977. The fraction of sp³-hybridized carbons (Fsp3) is 0.318. The van der Waals surface area contributed by atoms with Crippen LogP contribution in [0.5, 0.6) is 23.0 Å². The van der Waals surface area contributed by atoms with Gasteiger partial charge in [-0.2, -0.15) is 0 Å². The van der Waals surface area contributed by atoms with Crippen LogP contribution in [-0.4, -0.2) is 51.1 Å². The number of ether oxygens (including phenoxy) is 4. The zero-order valence-electron chi connectivity index (χ0n) is 17.9. The van der Waals surface area contributed by atoms with Gasteiger partial charge in [0.2, 0.25) is 5.89 Å². The maximum atomic E-state index is 12.3. The number of nitrogens with zero attached hydrogens (tertiary/aromatic N) is 2. The number of carbonyl (C=O) groups excluding carboxylic acids is 1. The Balaban J connectivity index is 1.56. The van der Waals surface area contributed by atoms with E-state index in [2.05, 4.69) is 15.5 Å². The Morgan fingerprint density at radius 1 is 0.839 bits per heavy atom. The lowest BCUT2D eigenvalue weighted by Crippen LogP contribution is -2.26. The first-order chi connectivity index (χ1) is 15.1. The van der Waals surface area contributed by atoms with E-state index in [4.69, 9.17) is 23.4 Å². The van der Waals surface area contributed by atoms with Crippen molar-refractivity contribution in [1.82, 2.24) is 15.5 Å². The number of nitrogens with one attached hydrogen (secondary N) is 1. The molecule has 0 saturated heterocycles. The Bertz CT molecular complexity index is 1030. The van der Waals surface area contributed by atoms with Gasteiger partial charge in [-0.05, 0) is 41.8 Å². The molecule has 0 fully saturated rings. The third kappa shape index (κ3) is 5.44. The number of aromatic nitrogens is 2. The van der Waals surface area contributed by atoms with Crippen LogP contribution in [0.3, 0.4) is 0 Å². The van der Waals surface area contributed by atoms with Crippen molar-refractivity contribution in [3.8, 4) is 23.0 Å². The highest BCUT2D eigenvalue weighted by molar-refractivity contribution is 5.89. The molecule has 1 N–H and O–H groups in total. The van der Waals surface area contributed by atoms with Crippen molar-refractivity contribution < 1.29 is 28.2 Å². The van der Waals surface area contributed by atoms with Crippen molar-refractivity contribution in [3.63, 3.8) is 0 Å². The van der Waals surface area contributed by atoms with Gasteiger partial charge in [0, 0.05) is 6.54 Å². The number of amides is 1. The monoisotopic (exact) mass is 427 g/mol. The lowest BCUT2D eigenvalue weighted by atomic mass is 10.1. The van der Waals surface area contributed by atoms with Crippen LogP contribution in [0.4, 0.5) is 0 Å². The van der Waals surface area contributed by atoms with Gasteiger partial charge in [-0.1, -0.05) is 12.1 Å². The molecule has 0 aliphatic heterocycles. The van der Waals surface area contributed by atoms with Gasteiger partial charge in [0.05, 0.1) is 34.9 Å². The molecule has 0 bridgehead atoms. The molecular formula is C22H25N3O6. The fourth-order valence-electron chi connectivity index (χ4n) is 3.01. The number of rotatable bonds is 10. The first kappa shape index (κ1) is 21.9. The van der Waals surface area contributed by atoms with Crippen LogP contribution in [0.15, 0.2) is 40.8 Å². The summed E-state index contributed by atoms with van der Waals surface area (Å²) in [6.45, 7) is 0.404. The van der Waals surface area contributed by atoms with Crippen molar-refractivity contribution in [2.75, 3.05) is 35.0 Å². The summed E-state index contributed by atoms with van der Waals surface area (Å²) >= 11 is 0. The third-order valence-corrected chi connectivity index (χ3v) is 4.61. The van der Waals surface area contributed by atoms with Crippen molar-refractivity contribution in [2.24, 2.45) is 0 Å². The van der Waals surface area contributed by atoms with Crippen LogP contribution in [0.25, 0.3) is 0 Å². The standard InChI is InChI=1S/C22H25N3O6/c1-27-16-7-5-14(11-18(16)29-3)9-10-23-21(26)22-25-24-20(31-22)13-15-6-8-17(28-2)19(12-15)30-4/h5-8,11-12H,9-10,13H2,1-4H3,(H,23,26). The molecule has 2 aromatic carbocycles. The van der Waals surface area contributed by atoms with Gasteiger partial charge in [0.15, 0.2) is 23.0 Å². The molecule has 0 saturated carbocycles. The first-order valence-corrected chi connectivity index (χ1v) is 9.60. The summed E-state index contributed by atoms with van der Waals surface area (Å²) in [5, 5.41) is 10.6. The van der Waals surface area contributed by atoms with Crippen LogP contribution >= 0.6 is 0 Å². The summed E-state index contributed by atoms with van der Waals surface area (Å²) in [5.41, 5.74) is 1.89. The average molecular weight is 427 g/mol. The minimum absolute atomic E-state index is 0.0808. The molecule has 1 amide bonds. The summed E-state index contributed by atoms with van der Waals surface area (Å²) < 4.78 is 26.5. The minimum Gasteiger partial charge on any atom is -0.493 e. The second kappa shape index (κ2) is 10.3. The van der Waals surface area contributed by atoms with Crippen LogP contribution in [-0.2, 0) is 12.8 Å². The highest BCUT2D eigenvalue weighted by Crippen LogP contribution is 2.29. The molecule has 1 aromatic heterocycles. The second-order valence-corrected chi connectivity index (χ2v) is 6.56. The zero-order chi connectivity index (χ0) is 22.2. The van der Waals surface area contributed by atoms with Crippen LogP contribution in [0.2, 0.25) is 0 Å². The Morgan fingerprint density at radius 3 is 2.03 bits per heavy atom. The molecule has 31 heavy (non-hydrogen) atoms. The Morgan fingerprint density at radius 2 is 1.42 bits per heavy atom. The summed E-state index contributed by atoms with van der Waals surface area (Å²) in [7, 11) is 6.31. The fourth-order valence-corrected chi connectivity index (χ4v) is 3.01. The van der Waals surface area contributed by atoms with Gasteiger partial charge < -0.3 is 28.7 Å².